The van der Waals surface area contributed by atoms with Crippen LogP contribution in [0, 0.1) is 0 Å². The summed E-state index contributed by atoms with van der Waals surface area (Å²) < 4.78 is 18.2. The first-order valence-corrected chi connectivity index (χ1v) is 10.8. The lowest BCUT2D eigenvalue weighted by atomic mass is 10.1. The van der Waals surface area contributed by atoms with E-state index in [0.29, 0.717) is 42.2 Å². The van der Waals surface area contributed by atoms with Crippen molar-refractivity contribution < 1.29 is 14.2 Å². The maximum Gasteiger partial charge on any atom is 0.213 e. The van der Waals surface area contributed by atoms with Crippen molar-refractivity contribution in [2.75, 3.05) is 20.3 Å². The third-order valence-corrected chi connectivity index (χ3v) is 5.32. The highest BCUT2D eigenvalue weighted by molar-refractivity contribution is 9.10. The summed E-state index contributed by atoms with van der Waals surface area (Å²) in [5.74, 6) is 2.05. The van der Waals surface area contributed by atoms with E-state index in [1.54, 1.807) is 13.3 Å². The first-order chi connectivity index (χ1) is 14.7. The first-order valence-electron chi connectivity index (χ1n) is 9.64. The molecule has 0 saturated heterocycles. The van der Waals surface area contributed by atoms with E-state index in [4.69, 9.17) is 25.8 Å². The van der Waals surface area contributed by atoms with Gasteiger partial charge in [0.2, 0.25) is 5.88 Å². The van der Waals surface area contributed by atoms with Crippen molar-refractivity contribution in [3.8, 4) is 17.4 Å². The fourth-order valence-corrected chi connectivity index (χ4v) is 3.53. The van der Waals surface area contributed by atoms with Crippen molar-refractivity contribution >= 4 is 27.5 Å². The van der Waals surface area contributed by atoms with Gasteiger partial charge in [-0.05, 0) is 48.9 Å². The van der Waals surface area contributed by atoms with Gasteiger partial charge in [0, 0.05) is 33.9 Å². The first kappa shape index (κ1) is 22.4. The van der Waals surface area contributed by atoms with E-state index in [2.05, 4.69) is 26.2 Å². The molecule has 0 aliphatic carbocycles. The molecule has 158 valence electrons. The average Bonchev–Trinajstić information content (AvgIpc) is 2.76. The number of halogens is 2. The van der Waals surface area contributed by atoms with Crippen LogP contribution in [0.25, 0.3) is 0 Å². The molecular weight excluding hydrogens is 468 g/mol. The van der Waals surface area contributed by atoms with E-state index < -0.39 is 0 Å². The Kier molecular flexibility index (Phi) is 8.81. The maximum atomic E-state index is 6.13. The predicted molar refractivity (Wildman–Crippen MR) is 123 cm³/mol. The van der Waals surface area contributed by atoms with Crippen LogP contribution in [0.2, 0.25) is 5.02 Å². The minimum atomic E-state index is 0.401. The SMILES string of the molecule is COc1ccc(Br)c(CNCCCOc2ccccn2)c1OCc1cccc(Cl)c1. The Balaban J connectivity index is 1.56. The quantitative estimate of drug-likeness (QED) is 0.352. The Morgan fingerprint density at radius 2 is 1.97 bits per heavy atom. The molecule has 3 aromatic rings. The lowest BCUT2D eigenvalue weighted by Gasteiger charge is -2.17. The van der Waals surface area contributed by atoms with Gasteiger partial charge in [0.25, 0.3) is 0 Å². The number of pyridine rings is 1. The standard InChI is InChI=1S/C23H24BrClN2O3/c1-28-21-10-9-20(24)19(23(21)30-16-17-6-4-7-18(25)14-17)15-26-11-5-13-29-22-8-2-3-12-27-22/h2-4,6-10,12,14,26H,5,11,13,15-16H2,1H3. The van der Waals surface area contributed by atoms with Gasteiger partial charge >= 0.3 is 0 Å². The van der Waals surface area contributed by atoms with E-state index in [-0.39, 0.29) is 0 Å². The molecule has 3 rings (SSSR count). The normalized spacial score (nSPS) is 10.6. The summed E-state index contributed by atoms with van der Waals surface area (Å²) in [6.45, 7) is 2.43. The molecular formula is C23H24BrClN2O3. The topological polar surface area (TPSA) is 52.6 Å². The van der Waals surface area contributed by atoms with Gasteiger partial charge in [0.15, 0.2) is 11.5 Å². The summed E-state index contributed by atoms with van der Waals surface area (Å²) in [4.78, 5) is 4.15. The van der Waals surface area contributed by atoms with Gasteiger partial charge in [0.05, 0.1) is 13.7 Å². The molecule has 30 heavy (non-hydrogen) atoms. The second-order valence-electron chi connectivity index (χ2n) is 6.52. The molecule has 1 heterocycles. The zero-order valence-electron chi connectivity index (χ0n) is 16.7. The maximum absolute atomic E-state index is 6.13. The molecule has 0 radical (unpaired) electrons. The molecule has 0 unspecified atom stereocenters. The molecule has 0 saturated carbocycles. The highest BCUT2D eigenvalue weighted by Gasteiger charge is 2.15. The summed E-state index contributed by atoms with van der Waals surface area (Å²) in [5, 5.41) is 4.13. The minimum Gasteiger partial charge on any atom is -0.493 e. The molecule has 0 aliphatic rings. The summed E-state index contributed by atoms with van der Waals surface area (Å²) in [6.07, 6.45) is 2.58. The van der Waals surface area contributed by atoms with E-state index in [1.165, 1.54) is 0 Å². The van der Waals surface area contributed by atoms with Gasteiger partial charge in [-0.15, -0.1) is 0 Å². The van der Waals surface area contributed by atoms with Crippen LogP contribution in [0.4, 0.5) is 0 Å². The number of rotatable bonds is 11. The Morgan fingerprint density at radius 1 is 1.07 bits per heavy atom. The van der Waals surface area contributed by atoms with Crippen molar-refractivity contribution in [3.05, 3.63) is 81.4 Å². The number of methoxy groups -OCH3 is 1. The second kappa shape index (κ2) is 11.8. The van der Waals surface area contributed by atoms with E-state index in [1.807, 2.05) is 54.6 Å². The number of benzene rings is 2. The summed E-state index contributed by atoms with van der Waals surface area (Å²) in [7, 11) is 1.64. The third-order valence-electron chi connectivity index (χ3n) is 4.35. The molecule has 0 spiro atoms. The van der Waals surface area contributed by atoms with Crippen LogP contribution in [0.5, 0.6) is 17.4 Å². The molecule has 0 aliphatic heterocycles. The number of hydrogen-bond donors (Lipinski definition) is 1. The molecule has 0 atom stereocenters. The number of nitrogens with one attached hydrogen (secondary N) is 1. The van der Waals surface area contributed by atoms with Crippen LogP contribution in [0.15, 0.2) is 65.3 Å². The van der Waals surface area contributed by atoms with Crippen molar-refractivity contribution in [1.82, 2.24) is 10.3 Å². The molecule has 2 aromatic carbocycles. The molecule has 0 fully saturated rings. The average molecular weight is 492 g/mol. The molecule has 0 bridgehead atoms. The molecule has 1 N–H and O–H groups in total. The van der Waals surface area contributed by atoms with Crippen molar-refractivity contribution in [2.45, 2.75) is 19.6 Å². The Labute approximate surface area is 190 Å². The molecule has 0 amide bonds. The fraction of sp³-hybridized carbons (Fsp3) is 0.261. The van der Waals surface area contributed by atoms with Crippen molar-refractivity contribution in [2.24, 2.45) is 0 Å². The zero-order chi connectivity index (χ0) is 21.2. The van der Waals surface area contributed by atoms with Crippen LogP contribution in [-0.4, -0.2) is 25.2 Å². The second-order valence-corrected chi connectivity index (χ2v) is 7.81. The summed E-state index contributed by atoms with van der Waals surface area (Å²) >= 11 is 9.71. The van der Waals surface area contributed by atoms with Gasteiger partial charge in [0.1, 0.15) is 6.61 Å². The van der Waals surface area contributed by atoms with Crippen molar-refractivity contribution in [3.63, 3.8) is 0 Å². The van der Waals surface area contributed by atoms with Gasteiger partial charge < -0.3 is 19.5 Å². The predicted octanol–water partition coefficient (Wildman–Crippen LogP) is 5.64. The summed E-state index contributed by atoms with van der Waals surface area (Å²) in [5.41, 5.74) is 2.00. The zero-order valence-corrected chi connectivity index (χ0v) is 19.1. The largest absolute Gasteiger partial charge is 0.493 e. The molecule has 5 nitrogen and oxygen atoms in total. The van der Waals surface area contributed by atoms with E-state index in [0.717, 1.165) is 28.6 Å². The molecule has 7 heteroatoms. The van der Waals surface area contributed by atoms with Gasteiger partial charge in [-0.2, -0.15) is 0 Å². The Hall–Kier alpha value is -2.28. The number of nitrogens with zero attached hydrogens (tertiary/aromatic N) is 1. The smallest absolute Gasteiger partial charge is 0.213 e. The van der Waals surface area contributed by atoms with Gasteiger partial charge in [-0.1, -0.05) is 45.7 Å². The van der Waals surface area contributed by atoms with E-state index >= 15 is 0 Å². The monoisotopic (exact) mass is 490 g/mol. The lowest BCUT2D eigenvalue weighted by Crippen LogP contribution is -2.18. The van der Waals surface area contributed by atoms with Crippen LogP contribution in [0.1, 0.15) is 17.5 Å². The Morgan fingerprint density at radius 3 is 2.73 bits per heavy atom. The van der Waals surface area contributed by atoms with E-state index in [9.17, 15) is 0 Å². The van der Waals surface area contributed by atoms with Crippen LogP contribution in [0.3, 0.4) is 0 Å². The highest BCUT2D eigenvalue weighted by atomic mass is 79.9. The van der Waals surface area contributed by atoms with Crippen LogP contribution in [-0.2, 0) is 13.2 Å². The molecule has 1 aromatic heterocycles. The van der Waals surface area contributed by atoms with Crippen molar-refractivity contribution in [1.29, 1.82) is 0 Å². The van der Waals surface area contributed by atoms with Gasteiger partial charge in [-0.3, -0.25) is 0 Å². The minimum absolute atomic E-state index is 0.401. The number of aromatic nitrogens is 1. The number of ether oxygens (including phenoxy) is 3. The fourth-order valence-electron chi connectivity index (χ4n) is 2.87. The third kappa shape index (κ3) is 6.62. The Bertz CT molecular complexity index is 941. The summed E-state index contributed by atoms with van der Waals surface area (Å²) in [6, 6.07) is 17.1. The highest BCUT2D eigenvalue weighted by Crippen LogP contribution is 2.36. The van der Waals surface area contributed by atoms with Crippen LogP contribution < -0.4 is 19.5 Å². The lowest BCUT2D eigenvalue weighted by molar-refractivity contribution is 0.279. The van der Waals surface area contributed by atoms with Crippen LogP contribution >= 0.6 is 27.5 Å². The number of hydrogen-bond acceptors (Lipinski definition) is 5. The van der Waals surface area contributed by atoms with Gasteiger partial charge in [-0.25, -0.2) is 4.98 Å².